The van der Waals surface area contributed by atoms with E-state index in [1.807, 2.05) is 0 Å². The van der Waals surface area contributed by atoms with Gasteiger partial charge in [-0.3, -0.25) is 19.4 Å². The minimum atomic E-state index is -0.00885. The van der Waals surface area contributed by atoms with Crippen LogP contribution in [0.15, 0.2) is 0 Å². The molecule has 0 radical (unpaired) electrons. The van der Waals surface area contributed by atoms with Gasteiger partial charge in [-0.05, 0) is 13.8 Å². The molecule has 5 heteroatoms. The lowest BCUT2D eigenvalue weighted by Gasteiger charge is -2.39. The lowest BCUT2D eigenvalue weighted by Crippen LogP contribution is -2.56. The fraction of sp³-hybridized carbons (Fsp3) is 0.833. The van der Waals surface area contributed by atoms with Crippen molar-refractivity contribution in [3.05, 3.63) is 0 Å². The summed E-state index contributed by atoms with van der Waals surface area (Å²) in [6, 6.07) is 0.929. The summed E-state index contributed by atoms with van der Waals surface area (Å²) in [6.07, 6.45) is 0.789. The fourth-order valence-corrected chi connectivity index (χ4v) is 2.70. The Labute approximate surface area is 102 Å². The average Bonchev–Trinajstić information content (AvgIpc) is 2.59. The van der Waals surface area contributed by atoms with E-state index < -0.39 is 0 Å². The quantitative estimate of drug-likeness (QED) is 0.694. The summed E-state index contributed by atoms with van der Waals surface area (Å²) in [5.74, 6) is -0.0177. The van der Waals surface area contributed by atoms with Gasteiger partial charge in [0, 0.05) is 51.1 Å². The van der Waals surface area contributed by atoms with Gasteiger partial charge in [-0.2, -0.15) is 0 Å². The molecular formula is C12H21N3O2. The van der Waals surface area contributed by atoms with Gasteiger partial charge in [0.2, 0.25) is 11.8 Å². The van der Waals surface area contributed by atoms with Crippen LogP contribution in [0.1, 0.15) is 26.7 Å². The van der Waals surface area contributed by atoms with E-state index in [0.29, 0.717) is 31.5 Å². The molecule has 5 nitrogen and oxygen atoms in total. The smallest absolute Gasteiger partial charge is 0.229 e. The molecule has 0 saturated carbocycles. The second-order valence-corrected chi connectivity index (χ2v) is 5.03. The highest BCUT2D eigenvalue weighted by Crippen LogP contribution is 2.14. The molecule has 2 heterocycles. The highest BCUT2D eigenvalue weighted by Gasteiger charge is 2.30. The maximum Gasteiger partial charge on any atom is 0.229 e. The van der Waals surface area contributed by atoms with Gasteiger partial charge in [0.05, 0.1) is 0 Å². The zero-order valence-corrected chi connectivity index (χ0v) is 10.6. The molecule has 2 atom stereocenters. The molecule has 2 amide bonds. The number of piperazine rings is 1. The molecule has 2 unspecified atom stereocenters. The SMILES string of the molecule is CC1CNCC(C)N1CCN1C(=O)CCC1=O. The predicted molar refractivity (Wildman–Crippen MR) is 64.5 cm³/mol. The first kappa shape index (κ1) is 12.5. The van der Waals surface area contributed by atoms with Gasteiger partial charge in [-0.1, -0.05) is 0 Å². The number of carbonyl (C=O) groups is 2. The highest BCUT2D eigenvalue weighted by molar-refractivity contribution is 6.01. The summed E-state index contributed by atoms with van der Waals surface area (Å²) in [7, 11) is 0. The molecule has 2 rings (SSSR count). The Morgan fingerprint density at radius 1 is 1.06 bits per heavy atom. The van der Waals surface area contributed by atoms with Crippen molar-refractivity contribution in [3.8, 4) is 0 Å². The van der Waals surface area contributed by atoms with Crippen molar-refractivity contribution in [1.82, 2.24) is 15.1 Å². The van der Waals surface area contributed by atoms with Crippen molar-refractivity contribution in [2.24, 2.45) is 0 Å². The maximum atomic E-state index is 11.5. The van der Waals surface area contributed by atoms with Crippen LogP contribution in [0.3, 0.4) is 0 Å². The van der Waals surface area contributed by atoms with Crippen molar-refractivity contribution in [2.75, 3.05) is 26.2 Å². The first-order chi connectivity index (χ1) is 8.09. The van der Waals surface area contributed by atoms with Gasteiger partial charge in [-0.15, -0.1) is 0 Å². The molecule has 2 aliphatic rings. The molecule has 96 valence electrons. The third kappa shape index (κ3) is 2.66. The topological polar surface area (TPSA) is 52.6 Å². The zero-order chi connectivity index (χ0) is 12.4. The lowest BCUT2D eigenvalue weighted by atomic mass is 10.1. The number of imide groups is 1. The summed E-state index contributed by atoms with van der Waals surface area (Å²) in [4.78, 5) is 26.8. The first-order valence-corrected chi connectivity index (χ1v) is 6.39. The molecule has 0 bridgehead atoms. The van der Waals surface area contributed by atoms with E-state index >= 15 is 0 Å². The van der Waals surface area contributed by atoms with Crippen molar-refractivity contribution in [2.45, 2.75) is 38.8 Å². The van der Waals surface area contributed by atoms with Crippen molar-refractivity contribution >= 4 is 11.8 Å². The molecule has 2 saturated heterocycles. The Hall–Kier alpha value is -0.940. The molecule has 0 spiro atoms. The number of rotatable bonds is 3. The predicted octanol–water partition coefficient (Wildman–Crippen LogP) is -0.182. The van der Waals surface area contributed by atoms with Gasteiger partial charge >= 0.3 is 0 Å². The van der Waals surface area contributed by atoms with Crippen LogP contribution in [0, 0.1) is 0 Å². The third-order valence-corrected chi connectivity index (χ3v) is 3.75. The average molecular weight is 239 g/mol. The maximum absolute atomic E-state index is 11.5. The summed E-state index contributed by atoms with van der Waals surface area (Å²) < 4.78 is 0. The van der Waals surface area contributed by atoms with Crippen LogP contribution >= 0.6 is 0 Å². The fourth-order valence-electron chi connectivity index (χ4n) is 2.70. The monoisotopic (exact) mass is 239 g/mol. The molecule has 17 heavy (non-hydrogen) atoms. The normalized spacial score (nSPS) is 31.3. The van der Waals surface area contributed by atoms with Crippen LogP contribution in [0.2, 0.25) is 0 Å². The number of likely N-dealkylation sites (tertiary alicyclic amines) is 1. The van der Waals surface area contributed by atoms with Gasteiger partial charge in [0.15, 0.2) is 0 Å². The third-order valence-electron chi connectivity index (χ3n) is 3.75. The van der Waals surface area contributed by atoms with E-state index in [-0.39, 0.29) is 11.8 Å². The first-order valence-electron chi connectivity index (χ1n) is 6.39. The molecule has 1 N–H and O–H groups in total. The van der Waals surface area contributed by atoms with E-state index in [1.54, 1.807) is 0 Å². The number of nitrogens with zero attached hydrogens (tertiary/aromatic N) is 2. The second kappa shape index (κ2) is 5.14. The van der Waals surface area contributed by atoms with Crippen LogP contribution in [0.25, 0.3) is 0 Å². The summed E-state index contributed by atoms with van der Waals surface area (Å²) in [6.45, 7) is 7.65. The number of hydrogen-bond acceptors (Lipinski definition) is 4. The number of nitrogens with one attached hydrogen (secondary N) is 1. The number of hydrogen-bond donors (Lipinski definition) is 1. The van der Waals surface area contributed by atoms with E-state index in [0.717, 1.165) is 19.6 Å². The van der Waals surface area contributed by atoms with Crippen LogP contribution in [0.5, 0.6) is 0 Å². The Morgan fingerprint density at radius 3 is 2.12 bits per heavy atom. The minimum absolute atomic E-state index is 0.00885. The van der Waals surface area contributed by atoms with E-state index in [9.17, 15) is 9.59 Å². The van der Waals surface area contributed by atoms with Crippen molar-refractivity contribution < 1.29 is 9.59 Å². The van der Waals surface area contributed by atoms with Gasteiger partial charge < -0.3 is 5.32 Å². The van der Waals surface area contributed by atoms with Crippen LogP contribution in [0.4, 0.5) is 0 Å². The molecule has 2 fully saturated rings. The highest BCUT2D eigenvalue weighted by atomic mass is 16.2. The van der Waals surface area contributed by atoms with Crippen LogP contribution in [-0.4, -0.2) is 59.9 Å². The summed E-state index contributed by atoms with van der Waals surface area (Å²) in [5, 5.41) is 3.37. The second-order valence-electron chi connectivity index (χ2n) is 5.03. The largest absolute Gasteiger partial charge is 0.314 e. The van der Waals surface area contributed by atoms with E-state index in [4.69, 9.17) is 0 Å². The molecule has 0 aliphatic carbocycles. The molecule has 2 aliphatic heterocycles. The Kier molecular flexibility index (Phi) is 3.79. The van der Waals surface area contributed by atoms with E-state index in [2.05, 4.69) is 24.1 Å². The molecule has 0 aromatic heterocycles. The van der Waals surface area contributed by atoms with Gasteiger partial charge in [0.25, 0.3) is 0 Å². The van der Waals surface area contributed by atoms with Crippen molar-refractivity contribution in [3.63, 3.8) is 0 Å². The summed E-state index contributed by atoms with van der Waals surface area (Å²) >= 11 is 0. The molecule has 0 aromatic rings. The van der Waals surface area contributed by atoms with Crippen LogP contribution < -0.4 is 5.32 Å². The Bertz CT molecular complexity index is 293. The standard InChI is InChI=1S/C12H21N3O2/c1-9-7-13-8-10(2)14(9)5-6-15-11(16)3-4-12(15)17/h9-10,13H,3-8H2,1-2H3. The molecule has 0 aromatic carbocycles. The Balaban J connectivity index is 1.88. The molecular weight excluding hydrogens is 218 g/mol. The zero-order valence-electron chi connectivity index (χ0n) is 10.6. The van der Waals surface area contributed by atoms with Crippen molar-refractivity contribution in [1.29, 1.82) is 0 Å². The van der Waals surface area contributed by atoms with Gasteiger partial charge in [-0.25, -0.2) is 0 Å². The number of carbonyl (C=O) groups excluding carboxylic acids is 2. The minimum Gasteiger partial charge on any atom is -0.314 e. The van der Waals surface area contributed by atoms with Crippen LogP contribution in [-0.2, 0) is 9.59 Å². The summed E-state index contributed by atoms with van der Waals surface area (Å²) in [5.41, 5.74) is 0. The lowest BCUT2D eigenvalue weighted by molar-refractivity contribution is -0.138. The Morgan fingerprint density at radius 2 is 1.59 bits per heavy atom. The van der Waals surface area contributed by atoms with E-state index in [1.165, 1.54) is 4.90 Å². The number of amides is 2. The van der Waals surface area contributed by atoms with Gasteiger partial charge in [0.1, 0.15) is 0 Å².